The zero-order chi connectivity index (χ0) is 74.9. The molecule has 34 nitrogen and oxygen atoms in total. The fourth-order valence-electron chi connectivity index (χ4n) is 14.5. The number of hydrogen-bond donors (Lipinski definition) is 7. The summed E-state index contributed by atoms with van der Waals surface area (Å²) in [5, 5.41) is 47.5. The Kier molecular flexibility index (Phi) is 22.8. The molecule has 6 aliphatic heterocycles. The number of aliphatic hydroxyl groups excluding tert-OH is 2. The summed E-state index contributed by atoms with van der Waals surface area (Å²) in [6.45, 7) is 11.1. The second kappa shape index (κ2) is 31.9. The first-order valence-corrected chi connectivity index (χ1v) is 39.9. The topological polar surface area (TPSA) is 405 Å². The molecule has 7 N–H and O–H groups in total. The molecule has 3 unspecified atom stereocenters. The lowest BCUT2D eigenvalue weighted by Crippen LogP contribution is -2.58. The maximum atomic E-state index is 16.8. The van der Waals surface area contributed by atoms with Crippen LogP contribution < -0.4 is 37.0 Å². The molecule has 106 heavy (non-hydrogen) atoms. The molecule has 11 heterocycles. The second-order valence-corrected chi connectivity index (χ2v) is 31.9. The first kappa shape index (κ1) is 75.9. The van der Waals surface area contributed by atoms with Gasteiger partial charge < -0.3 is 69.1 Å². The molecule has 4 saturated heterocycles. The molecule has 37 heteroatoms. The Balaban J connectivity index is 0.566. The number of carbonyl (C=O) groups is 5. The number of nitrogens with zero attached hydrogens (tertiary/aromatic N) is 12. The highest BCUT2D eigenvalue weighted by molar-refractivity contribution is 7.53. The molecule has 0 radical (unpaired) electrons. The minimum atomic E-state index is -4.23. The summed E-state index contributed by atoms with van der Waals surface area (Å²) in [4.78, 5) is 102. The average Bonchev–Trinajstić information content (AvgIpc) is 1.53. The number of ether oxygens (including phenoxy) is 3. The van der Waals surface area contributed by atoms with Gasteiger partial charge in [-0.3, -0.25) is 61.4 Å². The Bertz CT molecular complexity index is 4590. The van der Waals surface area contributed by atoms with Crippen molar-refractivity contribution in [2.75, 3.05) is 76.3 Å². The van der Waals surface area contributed by atoms with E-state index in [1.807, 2.05) is 67.1 Å². The highest BCUT2D eigenvalue weighted by atomic mass is 31.2. The number of imidazole rings is 1. The number of hydrogen-bond acceptors (Lipinski definition) is 25. The summed E-state index contributed by atoms with van der Waals surface area (Å²) in [5.41, 5.74) is 4.89. The molecule has 2 bridgehead atoms. The molecule has 2 aromatic carbocycles. The molecule has 0 aliphatic carbocycles. The van der Waals surface area contributed by atoms with Gasteiger partial charge in [0.15, 0.2) is 29.8 Å². The minimum absolute atomic E-state index is 0.0155. The first-order chi connectivity index (χ1) is 50.9. The largest absolute Gasteiger partial charge is 0.387 e. The molecule has 0 saturated carbocycles. The Morgan fingerprint density at radius 1 is 0.821 bits per heavy atom. The Morgan fingerprint density at radius 3 is 2.32 bits per heavy atom. The van der Waals surface area contributed by atoms with Crippen LogP contribution in [-0.4, -0.2) is 214 Å². The lowest BCUT2D eigenvalue weighted by molar-refractivity contribution is -0.136. The average molecular weight is 1510 g/mol. The molecule has 570 valence electrons. The maximum absolute atomic E-state index is 16.8. The van der Waals surface area contributed by atoms with Crippen LogP contribution >= 0.6 is 15.2 Å². The zero-order valence-electron chi connectivity index (χ0n) is 59.9. The number of alkyl halides is 1. The number of aryl methyl sites for hydroxylation is 1. The number of fused-ring (bicyclic) bond motifs is 9. The second-order valence-electron chi connectivity index (χ2n) is 27.9. The SMILES string of the molecule is CC[C@H](C)[C@H](NC(O)[C@@H]1CCCN1C(=O)CNC(=O)CNC(=O)CCC(=O)N1Cc2ccccc2-c2c(nnn2C(C)(CC)CC)-c2ccccc21)C(=O)NCOCCn1cnc2c(ncn2[C@@H]2O[C@@H]3COP(C)(=O)O[C@H]4[C@@H](F)[C@H](n5cc6c7c(ncnc75)NCCC6)O[C@@H]4COP(C)(=O)O[C@@H]2[C@@H]3O)c1=O. The smallest absolute Gasteiger partial charge is 0.328 e. The standard InChI is InChI=1S/C69H90FN17O17P2/c1-8-39(4)54(79-64(93)45-22-16-26-83(45)51(91)30-73-49(89)29-72-48(88)23-24-50(90)84-31-40-17-11-12-19-42(40)57-55(43-20-13-14-21-44(43)84)80-81-87(57)69(5,9-2)10-3)65(94)78-38-98-28-27-82-36-77-63-56(66(82)95)76-37-86(63)68-60-58(92)46(101-68)33-99-105(6,96)103-59-47(34-100-106(7,97)104-60)102-67(53(59)70)85-32-41-18-15-25-71-61-52(41)62(85)75-35-74-61/h11-14,17,19-21,32,35-37,39,45-47,53-54,58-60,64,67-68,79,92-93H,8-10,15-16,18,22-31,33-34,38H2,1-7H3,(H,72,88)(H,73,89)(H,78,94)(H,71,74,75)/t39-,45-,46+,47+,53+,54-,58+,59+,60+,64?,67+,68+,105?,106?/m0/s1. The van der Waals surface area contributed by atoms with E-state index >= 15 is 4.39 Å². The summed E-state index contributed by atoms with van der Waals surface area (Å²) in [7, 11) is -8.43. The number of aromatic nitrogens is 10. The molecule has 14 atom stereocenters. The first-order valence-electron chi connectivity index (χ1n) is 35.9. The van der Waals surface area contributed by atoms with Gasteiger partial charge in [-0.05, 0) is 68.6 Å². The van der Waals surface area contributed by atoms with Crippen LogP contribution in [0.5, 0.6) is 0 Å². The quantitative estimate of drug-likeness (QED) is 0.0257. The van der Waals surface area contributed by atoms with Gasteiger partial charge in [-0.2, -0.15) is 0 Å². The number of para-hydroxylation sites is 1. The normalized spacial score (nSPS) is 26.1. The van der Waals surface area contributed by atoms with Crippen LogP contribution in [0.1, 0.15) is 110 Å². The van der Waals surface area contributed by atoms with Crippen LogP contribution in [0, 0.1) is 5.92 Å². The van der Waals surface area contributed by atoms with Gasteiger partial charge in [-0.15, -0.1) is 5.10 Å². The van der Waals surface area contributed by atoms with E-state index in [1.165, 1.54) is 37.6 Å². The summed E-state index contributed by atoms with van der Waals surface area (Å²) in [6, 6.07) is 13.7. The number of benzene rings is 2. The molecule has 5 aromatic heterocycles. The minimum Gasteiger partial charge on any atom is -0.387 e. The lowest BCUT2D eigenvalue weighted by atomic mass is 9.91. The Labute approximate surface area is 609 Å². The number of likely N-dealkylation sites (tertiary alicyclic amines) is 1. The van der Waals surface area contributed by atoms with E-state index in [0.717, 1.165) is 60.5 Å². The van der Waals surface area contributed by atoms with Gasteiger partial charge in [0.25, 0.3) is 5.56 Å². The predicted octanol–water partition coefficient (Wildman–Crippen LogP) is 4.78. The van der Waals surface area contributed by atoms with Crippen molar-refractivity contribution in [1.29, 1.82) is 0 Å². The van der Waals surface area contributed by atoms with Crippen molar-refractivity contribution in [3.63, 3.8) is 0 Å². The van der Waals surface area contributed by atoms with Gasteiger partial charge in [0.1, 0.15) is 73.3 Å². The summed E-state index contributed by atoms with van der Waals surface area (Å²) < 4.78 is 93.0. The number of rotatable bonds is 23. The van der Waals surface area contributed by atoms with Gasteiger partial charge in [-0.25, -0.2) is 29.0 Å². The zero-order valence-corrected chi connectivity index (χ0v) is 61.7. The van der Waals surface area contributed by atoms with E-state index in [-0.39, 0.29) is 74.3 Å². The van der Waals surface area contributed by atoms with Gasteiger partial charge in [-0.1, -0.05) is 81.8 Å². The molecular weight excluding hydrogens is 1420 g/mol. The van der Waals surface area contributed by atoms with Crippen molar-refractivity contribution < 1.29 is 80.0 Å². The van der Waals surface area contributed by atoms with Crippen LogP contribution in [0.15, 0.2) is 78.5 Å². The van der Waals surface area contributed by atoms with Crippen LogP contribution in [0.2, 0.25) is 0 Å². The number of nitrogens with one attached hydrogen (secondary N) is 5. The molecule has 4 fully saturated rings. The van der Waals surface area contributed by atoms with E-state index in [9.17, 15) is 48.1 Å². The third-order valence-corrected chi connectivity index (χ3v) is 23.5. The predicted molar refractivity (Wildman–Crippen MR) is 381 cm³/mol. The number of aliphatic hydroxyl groups is 2. The van der Waals surface area contributed by atoms with Gasteiger partial charge >= 0.3 is 15.2 Å². The number of amides is 5. The highest BCUT2D eigenvalue weighted by Gasteiger charge is 2.54. The van der Waals surface area contributed by atoms with Crippen molar-refractivity contribution in [3.8, 4) is 22.5 Å². The van der Waals surface area contributed by atoms with Crippen LogP contribution in [0.25, 0.3) is 44.7 Å². The fourth-order valence-corrected chi connectivity index (χ4v) is 16.9. The monoisotopic (exact) mass is 1510 g/mol. The van der Waals surface area contributed by atoms with Crippen LogP contribution in [-0.2, 0) is 90.5 Å². The molecule has 0 spiro atoms. The van der Waals surface area contributed by atoms with E-state index in [1.54, 1.807) is 11.1 Å². The Hall–Kier alpha value is -8.31. The summed E-state index contributed by atoms with van der Waals surface area (Å²) in [6.07, 6.45) is -3.57. The van der Waals surface area contributed by atoms with Gasteiger partial charge in [0.05, 0.1) is 86.7 Å². The third-order valence-electron chi connectivity index (χ3n) is 21.0. The van der Waals surface area contributed by atoms with Crippen LogP contribution in [0.3, 0.4) is 0 Å². The molecule has 5 amide bonds. The van der Waals surface area contributed by atoms with Crippen LogP contribution in [0.4, 0.5) is 15.9 Å². The van der Waals surface area contributed by atoms with Crippen molar-refractivity contribution in [2.45, 2.75) is 178 Å². The molecule has 7 aromatic rings. The molecule has 13 rings (SSSR count). The highest BCUT2D eigenvalue weighted by Crippen LogP contribution is 2.55. The number of carbonyl (C=O) groups excluding carboxylic acids is 5. The lowest BCUT2D eigenvalue weighted by Gasteiger charge is -2.33. The number of anilines is 2. The van der Waals surface area contributed by atoms with Crippen molar-refractivity contribution in [2.24, 2.45) is 5.92 Å². The maximum Gasteiger partial charge on any atom is 0.328 e. The third kappa shape index (κ3) is 15.6. The van der Waals surface area contributed by atoms with E-state index in [4.69, 9.17) is 37.4 Å². The summed E-state index contributed by atoms with van der Waals surface area (Å²) in [5.74, 6) is -2.21. The van der Waals surface area contributed by atoms with E-state index < -0.39 is 138 Å². The Morgan fingerprint density at radius 2 is 1.55 bits per heavy atom. The molecule has 6 aliphatic rings. The fraction of sp³-hybridized carbons (Fsp3) is 0.565. The van der Waals surface area contributed by atoms with Crippen molar-refractivity contribution >= 4 is 78.4 Å². The number of halogens is 1. The molecular formula is C69H90FN17O17P2. The summed E-state index contributed by atoms with van der Waals surface area (Å²) >= 11 is 0. The van der Waals surface area contributed by atoms with Gasteiger partial charge in [0, 0.05) is 56.6 Å². The van der Waals surface area contributed by atoms with Gasteiger partial charge in [0.2, 0.25) is 29.5 Å². The van der Waals surface area contributed by atoms with E-state index in [0.29, 0.717) is 60.5 Å². The van der Waals surface area contributed by atoms with Crippen molar-refractivity contribution in [1.82, 2.24) is 74.8 Å². The van der Waals surface area contributed by atoms with E-state index in [2.05, 4.69) is 72.5 Å². The van der Waals surface area contributed by atoms with Crippen molar-refractivity contribution in [3.05, 3.63) is 95.2 Å².